The molecule has 146 valence electrons. The Morgan fingerprint density at radius 1 is 1.36 bits per heavy atom. The maximum absolute atomic E-state index is 11.8. The Balaban J connectivity index is 0.00000312. The third-order valence-corrected chi connectivity index (χ3v) is 5.30. The lowest BCUT2D eigenvalue weighted by atomic mass is 9.51. The van der Waals surface area contributed by atoms with Crippen molar-refractivity contribution in [3.8, 4) is 0 Å². The molecule has 6 nitrogen and oxygen atoms in total. The molecule has 2 rings (SSSR count). The molecule has 2 saturated carbocycles. The number of hydrogen-bond acceptors (Lipinski definition) is 3. The fourth-order valence-corrected chi connectivity index (χ4v) is 3.55. The average Bonchev–Trinajstić information content (AvgIpc) is 2.45. The van der Waals surface area contributed by atoms with E-state index in [4.69, 9.17) is 4.74 Å². The van der Waals surface area contributed by atoms with Gasteiger partial charge in [-0.25, -0.2) is 4.99 Å². The number of amides is 1. The van der Waals surface area contributed by atoms with E-state index in [-0.39, 0.29) is 41.8 Å². The van der Waals surface area contributed by atoms with Gasteiger partial charge in [-0.1, -0.05) is 20.3 Å². The maximum Gasteiger partial charge on any atom is 0.243 e. The first-order valence-corrected chi connectivity index (χ1v) is 9.25. The Labute approximate surface area is 169 Å². The van der Waals surface area contributed by atoms with Crippen LogP contribution in [0, 0.1) is 11.3 Å². The van der Waals surface area contributed by atoms with E-state index in [0.717, 1.165) is 25.5 Å². The van der Waals surface area contributed by atoms with Crippen molar-refractivity contribution in [1.29, 1.82) is 0 Å². The molecule has 0 aliphatic heterocycles. The van der Waals surface area contributed by atoms with Gasteiger partial charge >= 0.3 is 0 Å². The summed E-state index contributed by atoms with van der Waals surface area (Å²) in [5.41, 5.74) is 0.280. The quantitative estimate of drug-likeness (QED) is 0.343. The number of ether oxygens (including phenoxy) is 1. The molecule has 0 aromatic rings. The molecule has 2 atom stereocenters. The predicted octanol–water partition coefficient (Wildman–Crippen LogP) is 2.23. The molecule has 2 N–H and O–H groups in total. The van der Waals surface area contributed by atoms with Crippen molar-refractivity contribution in [3.05, 3.63) is 0 Å². The van der Waals surface area contributed by atoms with Crippen LogP contribution in [-0.4, -0.2) is 62.7 Å². The highest BCUT2D eigenvalue weighted by Crippen LogP contribution is 2.57. The highest BCUT2D eigenvalue weighted by Gasteiger charge is 2.59. The van der Waals surface area contributed by atoms with Gasteiger partial charge in [0.2, 0.25) is 5.91 Å². The molecule has 0 radical (unpaired) electrons. The first-order chi connectivity index (χ1) is 11.4. The number of likely N-dealkylation sites (N-methyl/N-ethyl adjacent to an activating group) is 1. The van der Waals surface area contributed by atoms with Crippen molar-refractivity contribution < 1.29 is 9.53 Å². The first-order valence-electron chi connectivity index (χ1n) is 9.25. The highest BCUT2D eigenvalue weighted by molar-refractivity contribution is 14.0. The van der Waals surface area contributed by atoms with Crippen LogP contribution in [0.3, 0.4) is 0 Å². The van der Waals surface area contributed by atoms with E-state index >= 15 is 0 Å². The summed E-state index contributed by atoms with van der Waals surface area (Å²) < 4.78 is 5.91. The lowest BCUT2D eigenvalue weighted by molar-refractivity contribution is -0.168. The zero-order valence-corrected chi connectivity index (χ0v) is 18.6. The van der Waals surface area contributed by atoms with Gasteiger partial charge in [-0.2, -0.15) is 0 Å². The van der Waals surface area contributed by atoms with Gasteiger partial charge in [-0.05, 0) is 32.1 Å². The Kier molecular flexibility index (Phi) is 8.94. The van der Waals surface area contributed by atoms with Crippen LogP contribution in [0.5, 0.6) is 0 Å². The van der Waals surface area contributed by atoms with Gasteiger partial charge in [0.15, 0.2) is 5.96 Å². The number of nitrogens with zero attached hydrogens (tertiary/aromatic N) is 2. The molecule has 0 aromatic heterocycles. The lowest BCUT2D eigenvalue weighted by Gasteiger charge is -2.61. The molecule has 0 aromatic carbocycles. The number of nitrogens with one attached hydrogen (secondary N) is 2. The van der Waals surface area contributed by atoms with Gasteiger partial charge in [-0.15, -0.1) is 24.0 Å². The van der Waals surface area contributed by atoms with Gasteiger partial charge in [-0.3, -0.25) is 4.79 Å². The SMILES string of the molecule is CCOC1CC(NC(=NCC(=O)N(C)C)NCC(C)C)C12CCC2.I. The molecule has 0 saturated heterocycles. The predicted molar refractivity (Wildman–Crippen MR) is 112 cm³/mol. The number of carbonyl (C=O) groups is 1. The molecule has 2 fully saturated rings. The summed E-state index contributed by atoms with van der Waals surface area (Å²) in [5, 5.41) is 6.95. The van der Waals surface area contributed by atoms with Crippen LogP contribution < -0.4 is 10.6 Å². The van der Waals surface area contributed by atoms with Crippen LogP contribution in [0.25, 0.3) is 0 Å². The topological polar surface area (TPSA) is 66.0 Å². The van der Waals surface area contributed by atoms with E-state index in [1.54, 1.807) is 19.0 Å². The van der Waals surface area contributed by atoms with E-state index in [0.29, 0.717) is 18.1 Å². The molecule has 1 spiro atoms. The fourth-order valence-electron chi connectivity index (χ4n) is 3.55. The summed E-state index contributed by atoms with van der Waals surface area (Å²) >= 11 is 0. The van der Waals surface area contributed by atoms with Gasteiger partial charge < -0.3 is 20.3 Å². The number of aliphatic imine (C=N–C) groups is 1. The summed E-state index contributed by atoms with van der Waals surface area (Å²) in [6.45, 7) is 8.20. The zero-order chi connectivity index (χ0) is 17.7. The van der Waals surface area contributed by atoms with Crippen LogP contribution in [0.15, 0.2) is 4.99 Å². The standard InChI is InChI=1S/C18H34N4O2.HI/c1-6-24-15-10-14(18(15)8-7-9-18)21-17(19-11-13(2)3)20-12-16(23)22(4)5;/h13-15H,6-12H2,1-5H3,(H2,19,20,21);1H. The number of carbonyl (C=O) groups excluding carboxylic acids is 1. The van der Waals surface area contributed by atoms with Crippen LogP contribution in [0.2, 0.25) is 0 Å². The van der Waals surface area contributed by atoms with Gasteiger partial charge in [0.25, 0.3) is 0 Å². The van der Waals surface area contributed by atoms with E-state index in [9.17, 15) is 4.79 Å². The molecule has 7 heteroatoms. The maximum atomic E-state index is 11.8. The number of hydrogen-bond donors (Lipinski definition) is 2. The van der Waals surface area contributed by atoms with Crippen LogP contribution in [-0.2, 0) is 9.53 Å². The minimum absolute atomic E-state index is 0. The van der Waals surface area contributed by atoms with Crippen molar-refractivity contribution >= 4 is 35.8 Å². The third kappa shape index (κ3) is 5.45. The summed E-state index contributed by atoms with van der Waals surface area (Å²) in [5.74, 6) is 1.29. The summed E-state index contributed by atoms with van der Waals surface area (Å²) in [6, 6.07) is 0.399. The van der Waals surface area contributed by atoms with Gasteiger partial charge in [0.05, 0.1) is 6.10 Å². The van der Waals surface area contributed by atoms with E-state index in [1.807, 2.05) is 0 Å². The molecule has 0 heterocycles. The minimum atomic E-state index is 0. The largest absolute Gasteiger partial charge is 0.378 e. The molecular weight excluding hydrogens is 431 g/mol. The van der Waals surface area contributed by atoms with Gasteiger partial charge in [0.1, 0.15) is 6.54 Å². The van der Waals surface area contributed by atoms with Crippen LogP contribution >= 0.6 is 24.0 Å². The summed E-state index contributed by atoms with van der Waals surface area (Å²) in [6.07, 6.45) is 5.14. The van der Waals surface area contributed by atoms with Crippen LogP contribution in [0.1, 0.15) is 46.5 Å². The second-order valence-corrected chi connectivity index (χ2v) is 7.69. The van der Waals surface area contributed by atoms with E-state index in [1.165, 1.54) is 19.3 Å². The summed E-state index contributed by atoms with van der Waals surface area (Å²) in [4.78, 5) is 17.9. The Hall–Kier alpha value is -0.570. The van der Waals surface area contributed by atoms with Crippen molar-refractivity contribution in [2.75, 3.05) is 33.8 Å². The van der Waals surface area contributed by atoms with Gasteiger partial charge in [0, 0.05) is 38.7 Å². The normalized spacial score (nSPS) is 24.2. The first kappa shape index (κ1) is 22.5. The highest BCUT2D eigenvalue weighted by atomic mass is 127. The van der Waals surface area contributed by atoms with Crippen molar-refractivity contribution in [2.45, 2.75) is 58.6 Å². The second kappa shape index (κ2) is 9.94. The summed E-state index contributed by atoms with van der Waals surface area (Å²) in [7, 11) is 3.52. The Morgan fingerprint density at radius 2 is 2.04 bits per heavy atom. The lowest BCUT2D eigenvalue weighted by Crippen LogP contribution is -2.68. The minimum Gasteiger partial charge on any atom is -0.378 e. The van der Waals surface area contributed by atoms with Crippen molar-refractivity contribution in [2.24, 2.45) is 16.3 Å². The molecule has 2 aliphatic rings. The molecule has 2 aliphatic carbocycles. The molecule has 25 heavy (non-hydrogen) atoms. The Bertz CT molecular complexity index is 464. The fraction of sp³-hybridized carbons (Fsp3) is 0.889. The monoisotopic (exact) mass is 466 g/mol. The molecule has 2 unspecified atom stereocenters. The number of guanidine groups is 1. The average molecular weight is 466 g/mol. The van der Waals surface area contributed by atoms with Crippen molar-refractivity contribution in [3.63, 3.8) is 0 Å². The third-order valence-electron chi connectivity index (χ3n) is 5.30. The van der Waals surface area contributed by atoms with Crippen LogP contribution in [0.4, 0.5) is 0 Å². The Morgan fingerprint density at radius 3 is 2.52 bits per heavy atom. The molecule has 1 amide bonds. The number of rotatable bonds is 7. The zero-order valence-electron chi connectivity index (χ0n) is 16.3. The molecular formula is C18H35IN4O2. The second-order valence-electron chi connectivity index (χ2n) is 7.69. The smallest absolute Gasteiger partial charge is 0.243 e. The van der Waals surface area contributed by atoms with Crippen molar-refractivity contribution in [1.82, 2.24) is 15.5 Å². The van der Waals surface area contributed by atoms with E-state index < -0.39 is 0 Å². The van der Waals surface area contributed by atoms with E-state index in [2.05, 4.69) is 36.4 Å². The molecule has 0 bridgehead atoms. The number of halogens is 1.